The number of carbonyl (C=O) groups is 1. The monoisotopic (exact) mass is 324 g/mol. The zero-order valence-electron chi connectivity index (χ0n) is 16.0. The van der Waals surface area contributed by atoms with E-state index in [1.54, 1.807) is 0 Å². The Bertz CT molecular complexity index is 393. The lowest BCUT2D eigenvalue weighted by atomic mass is 9.91. The molecule has 0 N–H and O–H groups in total. The summed E-state index contributed by atoms with van der Waals surface area (Å²) in [6, 6.07) is 0. The van der Waals surface area contributed by atoms with Gasteiger partial charge in [-0.15, -0.1) is 0 Å². The maximum absolute atomic E-state index is 12.8. The molecule has 0 spiro atoms. The van der Waals surface area contributed by atoms with Crippen LogP contribution in [0.5, 0.6) is 0 Å². The summed E-state index contributed by atoms with van der Waals surface area (Å²) in [5.74, 6) is 0.612. The molecule has 0 atom stereocenters. The Morgan fingerprint density at radius 1 is 0.870 bits per heavy atom. The number of carbonyl (C=O) groups excluding carboxylic acids is 1. The van der Waals surface area contributed by atoms with Crippen LogP contribution in [-0.4, -0.2) is 59.1 Å². The first-order valence-corrected chi connectivity index (χ1v) is 9.28. The highest BCUT2D eigenvalue weighted by molar-refractivity contribution is 5.79. The topological polar surface area (TPSA) is 32.8 Å². The first kappa shape index (κ1) is 18.7. The van der Waals surface area contributed by atoms with Gasteiger partial charge in [0, 0.05) is 24.5 Å². The van der Waals surface area contributed by atoms with Crippen molar-refractivity contribution >= 4 is 5.91 Å². The average molecular weight is 325 g/mol. The van der Waals surface area contributed by atoms with Crippen LogP contribution >= 0.6 is 0 Å². The highest BCUT2D eigenvalue weighted by atomic mass is 16.5. The van der Waals surface area contributed by atoms with Crippen LogP contribution in [-0.2, 0) is 9.53 Å². The molecule has 0 saturated carbocycles. The van der Waals surface area contributed by atoms with E-state index in [-0.39, 0.29) is 17.1 Å². The molecular weight excluding hydrogens is 288 g/mol. The number of piperidine rings is 2. The number of hydrogen-bond donors (Lipinski definition) is 0. The molecule has 134 valence electrons. The summed E-state index contributed by atoms with van der Waals surface area (Å²) in [7, 11) is 0. The lowest BCUT2D eigenvalue weighted by Gasteiger charge is -2.42. The highest BCUT2D eigenvalue weighted by Crippen LogP contribution is 2.27. The van der Waals surface area contributed by atoms with Gasteiger partial charge in [0.2, 0.25) is 5.91 Å². The molecule has 4 heteroatoms. The minimum atomic E-state index is -0.0867. The molecule has 23 heavy (non-hydrogen) atoms. The molecule has 2 heterocycles. The third kappa shape index (κ3) is 5.46. The van der Waals surface area contributed by atoms with Gasteiger partial charge in [-0.25, -0.2) is 0 Å². The van der Waals surface area contributed by atoms with E-state index in [4.69, 9.17) is 4.74 Å². The van der Waals surface area contributed by atoms with E-state index >= 15 is 0 Å². The average Bonchev–Trinajstić information content (AvgIpc) is 2.45. The van der Waals surface area contributed by atoms with Crippen LogP contribution in [0.25, 0.3) is 0 Å². The van der Waals surface area contributed by atoms with Gasteiger partial charge < -0.3 is 9.64 Å². The smallest absolute Gasteiger partial charge is 0.225 e. The fourth-order valence-corrected chi connectivity index (χ4v) is 3.75. The van der Waals surface area contributed by atoms with Crippen molar-refractivity contribution < 1.29 is 9.53 Å². The second-order valence-electron chi connectivity index (χ2n) is 9.19. The van der Waals surface area contributed by atoms with Crippen molar-refractivity contribution in [1.82, 2.24) is 9.80 Å². The molecule has 2 fully saturated rings. The molecule has 0 aromatic heterocycles. The van der Waals surface area contributed by atoms with Gasteiger partial charge in [0.05, 0.1) is 11.7 Å². The largest absolute Gasteiger partial charge is 0.372 e. The third-order valence-corrected chi connectivity index (χ3v) is 5.07. The first-order chi connectivity index (χ1) is 10.6. The highest BCUT2D eigenvalue weighted by Gasteiger charge is 2.34. The fraction of sp³-hybridized carbons (Fsp3) is 0.947. The molecule has 0 aliphatic carbocycles. The quantitative estimate of drug-likeness (QED) is 0.781. The summed E-state index contributed by atoms with van der Waals surface area (Å²) in [6.07, 6.45) is 4.28. The second kappa shape index (κ2) is 7.10. The van der Waals surface area contributed by atoms with Crippen LogP contribution in [0.4, 0.5) is 0 Å². The molecule has 0 aromatic rings. The van der Waals surface area contributed by atoms with E-state index in [1.165, 1.54) is 0 Å². The van der Waals surface area contributed by atoms with Crippen molar-refractivity contribution in [3.63, 3.8) is 0 Å². The molecule has 4 nitrogen and oxygen atoms in total. The van der Waals surface area contributed by atoms with Crippen molar-refractivity contribution in [2.24, 2.45) is 5.92 Å². The molecule has 0 bridgehead atoms. The van der Waals surface area contributed by atoms with E-state index in [0.717, 1.165) is 51.9 Å². The zero-order valence-corrected chi connectivity index (χ0v) is 16.0. The van der Waals surface area contributed by atoms with E-state index in [2.05, 4.69) is 51.3 Å². The van der Waals surface area contributed by atoms with Gasteiger partial charge in [0.15, 0.2) is 0 Å². The normalized spacial score (nSPS) is 23.3. The summed E-state index contributed by atoms with van der Waals surface area (Å²) in [5, 5.41) is 0. The molecule has 1 amide bonds. The van der Waals surface area contributed by atoms with Crippen molar-refractivity contribution in [3.05, 3.63) is 0 Å². The summed E-state index contributed by atoms with van der Waals surface area (Å²) < 4.78 is 6.06. The molecule has 2 aliphatic rings. The van der Waals surface area contributed by atoms with Crippen molar-refractivity contribution in [1.29, 1.82) is 0 Å². The van der Waals surface area contributed by atoms with Gasteiger partial charge in [-0.05, 0) is 80.3 Å². The zero-order chi connectivity index (χ0) is 17.3. The Kier molecular flexibility index (Phi) is 5.78. The summed E-state index contributed by atoms with van der Waals surface area (Å²) in [5.41, 5.74) is 0.132. The van der Waals surface area contributed by atoms with Crippen LogP contribution < -0.4 is 0 Å². The van der Waals surface area contributed by atoms with Crippen LogP contribution in [0, 0.1) is 5.92 Å². The number of nitrogens with zero attached hydrogens (tertiary/aromatic N) is 2. The van der Waals surface area contributed by atoms with E-state index < -0.39 is 0 Å². The fourth-order valence-electron chi connectivity index (χ4n) is 3.75. The minimum absolute atomic E-state index is 0.0867. The number of amides is 1. The number of hydrogen-bond acceptors (Lipinski definition) is 3. The van der Waals surface area contributed by atoms with Gasteiger partial charge in [0.25, 0.3) is 0 Å². The van der Waals surface area contributed by atoms with Crippen LogP contribution in [0.15, 0.2) is 0 Å². The second-order valence-corrected chi connectivity index (χ2v) is 9.19. The maximum Gasteiger partial charge on any atom is 0.225 e. The van der Waals surface area contributed by atoms with E-state index in [9.17, 15) is 4.79 Å². The van der Waals surface area contributed by atoms with Crippen molar-refractivity contribution in [2.75, 3.05) is 26.2 Å². The number of ether oxygens (including phenoxy) is 1. The minimum Gasteiger partial charge on any atom is -0.372 e. The van der Waals surface area contributed by atoms with Crippen LogP contribution in [0.1, 0.15) is 67.2 Å². The van der Waals surface area contributed by atoms with Gasteiger partial charge in [-0.1, -0.05) is 0 Å². The Morgan fingerprint density at radius 2 is 1.39 bits per heavy atom. The maximum atomic E-state index is 12.8. The third-order valence-electron chi connectivity index (χ3n) is 5.07. The molecule has 2 rings (SSSR count). The Hall–Kier alpha value is -0.610. The van der Waals surface area contributed by atoms with Gasteiger partial charge in [0.1, 0.15) is 0 Å². The predicted octanol–water partition coefficient (Wildman–Crippen LogP) is 3.30. The standard InChI is InChI=1S/C19H36N2O2/c1-18(2,3)21-13-7-15(8-14-21)17(22)20-11-9-16(10-12-20)23-19(4,5)6/h15-16H,7-14H2,1-6H3. The van der Waals surface area contributed by atoms with Gasteiger partial charge >= 0.3 is 0 Å². The van der Waals surface area contributed by atoms with Crippen LogP contribution in [0.2, 0.25) is 0 Å². The van der Waals surface area contributed by atoms with E-state index in [0.29, 0.717) is 12.0 Å². The summed E-state index contributed by atoms with van der Waals surface area (Å²) in [6.45, 7) is 16.9. The Balaban J connectivity index is 1.78. The van der Waals surface area contributed by atoms with Crippen molar-refractivity contribution in [2.45, 2.75) is 84.5 Å². The summed E-state index contributed by atoms with van der Waals surface area (Å²) in [4.78, 5) is 17.4. The Morgan fingerprint density at radius 3 is 1.83 bits per heavy atom. The van der Waals surface area contributed by atoms with E-state index in [1.807, 2.05) is 0 Å². The number of rotatable bonds is 2. The molecule has 0 aromatic carbocycles. The SMILES string of the molecule is CC(C)(C)OC1CCN(C(=O)C2CCN(C(C)(C)C)CC2)CC1. The lowest BCUT2D eigenvalue weighted by molar-refractivity contribution is -0.142. The van der Waals surface area contributed by atoms with Crippen LogP contribution in [0.3, 0.4) is 0 Å². The van der Waals surface area contributed by atoms with Gasteiger partial charge in [-0.3, -0.25) is 9.69 Å². The predicted molar refractivity (Wildman–Crippen MR) is 94.5 cm³/mol. The molecular formula is C19H36N2O2. The van der Waals surface area contributed by atoms with Gasteiger partial charge in [-0.2, -0.15) is 0 Å². The van der Waals surface area contributed by atoms with Crippen molar-refractivity contribution in [3.8, 4) is 0 Å². The number of likely N-dealkylation sites (tertiary alicyclic amines) is 2. The molecule has 0 radical (unpaired) electrons. The summed E-state index contributed by atoms with van der Waals surface area (Å²) >= 11 is 0. The first-order valence-electron chi connectivity index (χ1n) is 9.28. The molecule has 2 aliphatic heterocycles. The molecule has 0 unspecified atom stereocenters. The lowest BCUT2D eigenvalue weighted by Crippen LogP contribution is -2.50. The Labute approximate surface area is 142 Å². The molecule has 2 saturated heterocycles.